The predicted molar refractivity (Wildman–Crippen MR) is 62.4 cm³/mol. The molecule has 0 atom stereocenters. The number of carbonyl (C=O) groups is 1. The summed E-state index contributed by atoms with van der Waals surface area (Å²) in [6.45, 7) is 3.55. The molecule has 0 bridgehead atoms. The lowest BCUT2D eigenvalue weighted by atomic mass is 10.1. The molecule has 1 aromatic carbocycles. The van der Waals surface area contributed by atoms with Gasteiger partial charge in [-0.25, -0.2) is 4.39 Å². The Bertz CT molecular complexity index is 542. The van der Waals surface area contributed by atoms with E-state index in [1.807, 2.05) is 6.92 Å². The van der Waals surface area contributed by atoms with Crippen LogP contribution in [0.3, 0.4) is 0 Å². The Morgan fingerprint density at radius 2 is 2.12 bits per heavy atom. The van der Waals surface area contributed by atoms with Crippen LogP contribution in [0.5, 0.6) is 0 Å². The number of H-pyrrole nitrogens is 1. The number of halogens is 1. The fourth-order valence-electron chi connectivity index (χ4n) is 1.53. The number of rotatable bonds is 2. The zero-order valence-electron chi connectivity index (χ0n) is 9.54. The van der Waals surface area contributed by atoms with Crippen LogP contribution < -0.4 is 5.32 Å². The standard InChI is InChI=1S/C12H12FN3O/c1-7-3-9(5-10(13)4-7)12(17)15-11-8(2)6-14-16-11/h3-6H,1-2H3,(H2,14,15,16,17). The number of benzene rings is 1. The van der Waals surface area contributed by atoms with Gasteiger partial charge < -0.3 is 5.32 Å². The second kappa shape index (κ2) is 4.37. The lowest BCUT2D eigenvalue weighted by Crippen LogP contribution is -2.13. The topological polar surface area (TPSA) is 57.8 Å². The second-order valence-corrected chi connectivity index (χ2v) is 3.90. The number of hydrogen-bond donors (Lipinski definition) is 2. The summed E-state index contributed by atoms with van der Waals surface area (Å²) < 4.78 is 13.1. The van der Waals surface area contributed by atoms with E-state index in [0.717, 1.165) is 5.56 Å². The molecule has 0 aliphatic heterocycles. The van der Waals surface area contributed by atoms with Crippen LogP contribution in [0.15, 0.2) is 24.4 Å². The van der Waals surface area contributed by atoms with Crippen LogP contribution in [-0.4, -0.2) is 16.1 Å². The lowest BCUT2D eigenvalue weighted by molar-refractivity contribution is 0.102. The molecule has 2 rings (SSSR count). The van der Waals surface area contributed by atoms with Crippen LogP contribution in [0.2, 0.25) is 0 Å². The van der Waals surface area contributed by atoms with Gasteiger partial charge in [0, 0.05) is 11.1 Å². The van der Waals surface area contributed by atoms with E-state index in [-0.39, 0.29) is 11.5 Å². The van der Waals surface area contributed by atoms with Gasteiger partial charge in [0.05, 0.1) is 6.20 Å². The molecule has 0 spiro atoms. The number of carbonyl (C=O) groups excluding carboxylic acids is 1. The zero-order chi connectivity index (χ0) is 12.4. The smallest absolute Gasteiger partial charge is 0.256 e. The van der Waals surface area contributed by atoms with Crippen LogP contribution in [-0.2, 0) is 0 Å². The first-order valence-corrected chi connectivity index (χ1v) is 5.15. The molecule has 88 valence electrons. The fourth-order valence-corrected chi connectivity index (χ4v) is 1.53. The Morgan fingerprint density at radius 3 is 2.71 bits per heavy atom. The Kier molecular flexibility index (Phi) is 2.91. The summed E-state index contributed by atoms with van der Waals surface area (Å²) in [5, 5.41) is 9.09. The molecule has 0 radical (unpaired) electrons. The van der Waals surface area contributed by atoms with E-state index in [9.17, 15) is 9.18 Å². The minimum atomic E-state index is -0.420. The average molecular weight is 233 g/mol. The number of anilines is 1. The van der Waals surface area contributed by atoms with E-state index < -0.39 is 5.82 Å². The van der Waals surface area contributed by atoms with E-state index in [1.54, 1.807) is 19.2 Å². The highest BCUT2D eigenvalue weighted by molar-refractivity contribution is 6.04. The molecule has 17 heavy (non-hydrogen) atoms. The van der Waals surface area contributed by atoms with Crippen molar-refractivity contribution in [2.75, 3.05) is 5.32 Å². The van der Waals surface area contributed by atoms with Gasteiger partial charge in [-0.05, 0) is 37.6 Å². The molecule has 0 saturated heterocycles. The van der Waals surface area contributed by atoms with Crippen LogP contribution in [0.4, 0.5) is 10.2 Å². The second-order valence-electron chi connectivity index (χ2n) is 3.90. The van der Waals surface area contributed by atoms with E-state index >= 15 is 0 Å². The number of nitrogens with one attached hydrogen (secondary N) is 2. The lowest BCUT2D eigenvalue weighted by Gasteiger charge is -2.05. The molecular weight excluding hydrogens is 221 g/mol. The predicted octanol–water partition coefficient (Wildman–Crippen LogP) is 2.42. The van der Waals surface area contributed by atoms with Gasteiger partial charge in [-0.1, -0.05) is 0 Å². The zero-order valence-corrected chi connectivity index (χ0v) is 9.54. The van der Waals surface area contributed by atoms with Gasteiger partial charge in [-0.3, -0.25) is 9.89 Å². The molecular formula is C12H12FN3O. The van der Waals surface area contributed by atoms with Gasteiger partial charge in [0.2, 0.25) is 0 Å². The van der Waals surface area contributed by atoms with Gasteiger partial charge in [-0.15, -0.1) is 0 Å². The summed E-state index contributed by atoms with van der Waals surface area (Å²) in [7, 11) is 0. The third-order valence-corrected chi connectivity index (χ3v) is 2.37. The van der Waals surface area contributed by atoms with E-state index in [0.29, 0.717) is 11.4 Å². The molecule has 1 amide bonds. The van der Waals surface area contributed by atoms with Crippen molar-refractivity contribution in [3.63, 3.8) is 0 Å². The molecule has 0 aliphatic carbocycles. The van der Waals surface area contributed by atoms with E-state index in [2.05, 4.69) is 15.5 Å². The normalized spacial score (nSPS) is 10.3. The van der Waals surface area contributed by atoms with Gasteiger partial charge >= 0.3 is 0 Å². The molecule has 0 saturated carbocycles. The first-order valence-electron chi connectivity index (χ1n) is 5.15. The number of amides is 1. The number of nitrogens with zero attached hydrogens (tertiary/aromatic N) is 1. The van der Waals surface area contributed by atoms with Crippen molar-refractivity contribution < 1.29 is 9.18 Å². The SMILES string of the molecule is Cc1cc(F)cc(C(=O)Nc2[nH]ncc2C)c1. The average Bonchev–Trinajstić information content (AvgIpc) is 2.63. The summed E-state index contributed by atoms with van der Waals surface area (Å²) in [5.41, 5.74) is 1.82. The van der Waals surface area contributed by atoms with Crippen molar-refractivity contribution in [1.29, 1.82) is 0 Å². The van der Waals surface area contributed by atoms with Crippen molar-refractivity contribution in [2.24, 2.45) is 0 Å². The highest BCUT2D eigenvalue weighted by Crippen LogP contribution is 2.13. The van der Waals surface area contributed by atoms with Gasteiger partial charge in [0.1, 0.15) is 11.6 Å². The minimum absolute atomic E-state index is 0.288. The summed E-state index contributed by atoms with van der Waals surface area (Å²) in [5.74, 6) is -0.256. The maximum absolute atomic E-state index is 13.1. The third-order valence-electron chi connectivity index (χ3n) is 2.37. The first-order chi connectivity index (χ1) is 8.06. The summed E-state index contributed by atoms with van der Waals surface area (Å²) in [4.78, 5) is 11.8. The minimum Gasteiger partial charge on any atom is -0.307 e. The van der Waals surface area contributed by atoms with Crippen LogP contribution >= 0.6 is 0 Å². The van der Waals surface area contributed by atoms with Crippen molar-refractivity contribution in [1.82, 2.24) is 10.2 Å². The van der Waals surface area contributed by atoms with Crippen molar-refractivity contribution in [3.05, 3.63) is 46.9 Å². The highest BCUT2D eigenvalue weighted by Gasteiger charge is 2.10. The van der Waals surface area contributed by atoms with E-state index in [4.69, 9.17) is 0 Å². The number of hydrogen-bond acceptors (Lipinski definition) is 2. The quantitative estimate of drug-likeness (QED) is 0.836. The Hall–Kier alpha value is -2.17. The maximum atomic E-state index is 13.1. The Morgan fingerprint density at radius 1 is 1.35 bits per heavy atom. The summed E-state index contributed by atoms with van der Waals surface area (Å²) >= 11 is 0. The molecule has 0 unspecified atom stereocenters. The molecule has 0 fully saturated rings. The van der Waals surface area contributed by atoms with Gasteiger partial charge in [-0.2, -0.15) is 5.10 Å². The summed E-state index contributed by atoms with van der Waals surface area (Å²) in [6, 6.07) is 4.20. The molecule has 1 heterocycles. The summed E-state index contributed by atoms with van der Waals surface area (Å²) in [6.07, 6.45) is 1.60. The largest absolute Gasteiger partial charge is 0.307 e. The maximum Gasteiger partial charge on any atom is 0.256 e. The van der Waals surface area contributed by atoms with Crippen molar-refractivity contribution >= 4 is 11.7 Å². The molecule has 2 N–H and O–H groups in total. The monoisotopic (exact) mass is 233 g/mol. The number of aromatic amines is 1. The van der Waals surface area contributed by atoms with Gasteiger partial charge in [0.15, 0.2) is 0 Å². The molecule has 1 aromatic heterocycles. The van der Waals surface area contributed by atoms with Crippen molar-refractivity contribution in [3.8, 4) is 0 Å². The molecule has 4 nitrogen and oxygen atoms in total. The van der Waals surface area contributed by atoms with Crippen LogP contribution in [0, 0.1) is 19.7 Å². The highest BCUT2D eigenvalue weighted by atomic mass is 19.1. The van der Waals surface area contributed by atoms with Gasteiger partial charge in [0.25, 0.3) is 5.91 Å². The number of aromatic nitrogens is 2. The Balaban J connectivity index is 2.23. The number of aryl methyl sites for hydroxylation is 2. The Labute approximate surface area is 97.9 Å². The fraction of sp³-hybridized carbons (Fsp3) is 0.167. The van der Waals surface area contributed by atoms with Crippen LogP contribution in [0.25, 0.3) is 0 Å². The van der Waals surface area contributed by atoms with E-state index in [1.165, 1.54) is 12.1 Å². The first kappa shape index (κ1) is 11.3. The molecule has 5 heteroatoms. The van der Waals surface area contributed by atoms with Crippen LogP contribution in [0.1, 0.15) is 21.5 Å². The molecule has 0 aliphatic rings. The molecule has 2 aromatic rings. The van der Waals surface area contributed by atoms with Crippen molar-refractivity contribution in [2.45, 2.75) is 13.8 Å². The third kappa shape index (κ3) is 2.50.